The first-order valence-corrected chi connectivity index (χ1v) is 9.34. The molecule has 0 nitrogen and oxygen atoms in total. The summed E-state index contributed by atoms with van der Waals surface area (Å²) in [5.74, 6) is 4.09. The van der Waals surface area contributed by atoms with Gasteiger partial charge in [-0.1, -0.05) is 27.2 Å². The average molecular weight is 240 g/mol. The monoisotopic (exact) mass is 240 g/mol. The zero-order valence-electron chi connectivity index (χ0n) is 11.6. The normalized spacial score (nSPS) is 40.3. The molecule has 3 fully saturated rings. The molecule has 0 N–H and O–H groups in total. The zero-order valence-corrected chi connectivity index (χ0v) is 12.5. The van der Waals surface area contributed by atoms with Crippen molar-refractivity contribution in [3.8, 4) is 0 Å². The lowest BCUT2D eigenvalue weighted by Gasteiger charge is -2.46. The van der Waals surface area contributed by atoms with Crippen molar-refractivity contribution in [1.82, 2.24) is 0 Å². The van der Waals surface area contributed by atoms with Gasteiger partial charge >= 0.3 is 0 Å². The summed E-state index contributed by atoms with van der Waals surface area (Å²) in [5.41, 5.74) is 1.17. The molecule has 16 heavy (non-hydrogen) atoms. The summed E-state index contributed by atoms with van der Waals surface area (Å²) in [6.07, 6.45) is 9.30. The Morgan fingerprint density at radius 2 is 2.00 bits per heavy atom. The minimum atomic E-state index is 0.401. The molecule has 2 saturated heterocycles. The summed E-state index contributed by atoms with van der Waals surface area (Å²) in [6.45, 7) is 9.78. The quantitative estimate of drug-likeness (QED) is 0.609. The Morgan fingerprint density at radius 3 is 2.69 bits per heavy atom. The van der Waals surface area contributed by atoms with E-state index in [4.69, 9.17) is 0 Å². The van der Waals surface area contributed by atoms with E-state index in [2.05, 4.69) is 27.4 Å². The second-order valence-electron chi connectivity index (χ2n) is 6.65. The van der Waals surface area contributed by atoms with Gasteiger partial charge in [-0.25, -0.2) is 0 Å². The van der Waals surface area contributed by atoms with Crippen molar-refractivity contribution in [2.24, 2.45) is 23.7 Å². The van der Waals surface area contributed by atoms with E-state index in [1.165, 1.54) is 12.1 Å². The van der Waals surface area contributed by atoms with Crippen molar-refractivity contribution in [1.29, 1.82) is 0 Å². The molecule has 3 rings (SSSR count). The van der Waals surface area contributed by atoms with Gasteiger partial charge in [0, 0.05) is 0 Å². The van der Waals surface area contributed by atoms with E-state index in [1.807, 2.05) is 0 Å². The fraction of sp³-hybridized carbons (Fsp3) is 1.00. The van der Waals surface area contributed by atoms with Gasteiger partial charge in [-0.2, -0.15) is 0 Å². The van der Waals surface area contributed by atoms with Gasteiger partial charge < -0.3 is 0 Å². The van der Waals surface area contributed by atoms with Crippen LogP contribution in [0.4, 0.5) is 0 Å². The SMILES string of the molecule is CC(C)C(C)CCC1C2CCCP(C)C1C2. The molecule has 2 heterocycles. The number of hydrogen-bond acceptors (Lipinski definition) is 0. The smallest absolute Gasteiger partial charge is 0.0178 e. The Morgan fingerprint density at radius 1 is 1.25 bits per heavy atom. The van der Waals surface area contributed by atoms with Gasteiger partial charge in [-0.15, -0.1) is 7.92 Å². The molecule has 0 aromatic rings. The van der Waals surface area contributed by atoms with E-state index in [9.17, 15) is 0 Å². The van der Waals surface area contributed by atoms with E-state index >= 15 is 0 Å². The van der Waals surface area contributed by atoms with Crippen LogP contribution in [0.1, 0.15) is 52.9 Å². The topological polar surface area (TPSA) is 0 Å². The molecule has 2 bridgehead atoms. The Bertz CT molecular complexity index is 223. The molecule has 2 aliphatic heterocycles. The Kier molecular flexibility index (Phi) is 4.33. The molecule has 1 heteroatoms. The fourth-order valence-corrected chi connectivity index (χ4v) is 6.29. The molecular formula is C15H29P. The molecule has 0 amide bonds. The van der Waals surface area contributed by atoms with E-state index in [0.29, 0.717) is 7.92 Å². The maximum Gasteiger partial charge on any atom is -0.0178 e. The highest BCUT2D eigenvalue weighted by Crippen LogP contribution is 2.60. The lowest BCUT2D eigenvalue weighted by Crippen LogP contribution is -2.38. The van der Waals surface area contributed by atoms with Crippen LogP contribution in [0.2, 0.25) is 0 Å². The van der Waals surface area contributed by atoms with Crippen LogP contribution in [-0.2, 0) is 0 Å². The third-order valence-corrected chi connectivity index (χ3v) is 8.14. The van der Waals surface area contributed by atoms with Crippen molar-refractivity contribution in [2.75, 3.05) is 12.8 Å². The Labute approximate surface area is 103 Å². The molecule has 5 unspecified atom stereocenters. The highest BCUT2D eigenvalue weighted by Gasteiger charge is 2.44. The van der Waals surface area contributed by atoms with Crippen LogP contribution >= 0.6 is 7.92 Å². The van der Waals surface area contributed by atoms with Crippen LogP contribution in [-0.4, -0.2) is 18.5 Å². The van der Waals surface area contributed by atoms with Crippen LogP contribution in [0.15, 0.2) is 0 Å². The van der Waals surface area contributed by atoms with Gasteiger partial charge in [0.15, 0.2) is 0 Å². The number of hydrogen-bond donors (Lipinski definition) is 0. The Hall–Kier alpha value is 0.430. The second-order valence-corrected chi connectivity index (χ2v) is 9.27. The first-order valence-electron chi connectivity index (χ1n) is 7.29. The maximum absolute atomic E-state index is 2.57. The molecule has 0 spiro atoms. The maximum atomic E-state index is 2.57. The van der Waals surface area contributed by atoms with Gasteiger partial charge in [-0.3, -0.25) is 0 Å². The van der Waals surface area contributed by atoms with Crippen molar-refractivity contribution in [2.45, 2.75) is 58.5 Å². The first kappa shape index (κ1) is 12.9. The highest BCUT2D eigenvalue weighted by atomic mass is 31.1. The lowest BCUT2D eigenvalue weighted by molar-refractivity contribution is 0.153. The van der Waals surface area contributed by atoms with Gasteiger partial charge in [0.05, 0.1) is 0 Å². The predicted molar refractivity (Wildman–Crippen MR) is 75.6 cm³/mol. The van der Waals surface area contributed by atoms with Crippen molar-refractivity contribution in [3.05, 3.63) is 0 Å². The average Bonchev–Trinajstić information content (AvgIpc) is 2.47. The summed E-state index contributed by atoms with van der Waals surface area (Å²) in [5, 5.41) is 0. The number of fused-ring (bicyclic) bond motifs is 3. The third-order valence-electron chi connectivity index (χ3n) is 5.39. The third kappa shape index (κ3) is 2.63. The van der Waals surface area contributed by atoms with Crippen LogP contribution < -0.4 is 0 Å². The molecule has 1 aliphatic carbocycles. The van der Waals surface area contributed by atoms with Crippen LogP contribution in [0.25, 0.3) is 0 Å². The summed E-state index contributed by atoms with van der Waals surface area (Å²) < 4.78 is 0. The molecule has 3 aliphatic rings. The lowest BCUT2D eigenvalue weighted by atomic mass is 9.68. The summed E-state index contributed by atoms with van der Waals surface area (Å²) in [7, 11) is 0.401. The highest BCUT2D eigenvalue weighted by molar-refractivity contribution is 7.57. The minimum Gasteiger partial charge on any atom is -0.106 e. The van der Waals surface area contributed by atoms with Crippen LogP contribution in [0.5, 0.6) is 0 Å². The van der Waals surface area contributed by atoms with Crippen molar-refractivity contribution < 1.29 is 0 Å². The van der Waals surface area contributed by atoms with Gasteiger partial charge in [0.25, 0.3) is 0 Å². The Balaban J connectivity index is 1.82. The zero-order chi connectivity index (χ0) is 11.7. The van der Waals surface area contributed by atoms with Crippen molar-refractivity contribution >= 4 is 7.92 Å². The predicted octanol–water partition coefficient (Wildman–Crippen LogP) is 4.97. The molecule has 5 atom stereocenters. The summed E-state index contributed by atoms with van der Waals surface area (Å²) in [4.78, 5) is 0. The molecule has 0 aromatic carbocycles. The van der Waals surface area contributed by atoms with E-state index in [-0.39, 0.29) is 0 Å². The molecular weight excluding hydrogens is 211 g/mol. The van der Waals surface area contributed by atoms with E-state index in [0.717, 1.165) is 23.7 Å². The molecule has 94 valence electrons. The largest absolute Gasteiger partial charge is 0.106 e. The van der Waals surface area contributed by atoms with E-state index in [1.54, 1.807) is 31.8 Å². The van der Waals surface area contributed by atoms with Crippen molar-refractivity contribution in [3.63, 3.8) is 0 Å². The molecule has 0 radical (unpaired) electrons. The standard InChI is InChI=1S/C15H29P/c1-11(2)12(3)7-8-14-13-6-5-9-16(4)15(14)10-13/h11-15H,5-10H2,1-4H3. The van der Waals surface area contributed by atoms with Gasteiger partial charge in [0.1, 0.15) is 0 Å². The minimum absolute atomic E-state index is 0.401. The van der Waals surface area contributed by atoms with Gasteiger partial charge in [0.2, 0.25) is 0 Å². The summed E-state index contributed by atoms with van der Waals surface area (Å²) >= 11 is 0. The summed E-state index contributed by atoms with van der Waals surface area (Å²) in [6, 6.07) is 0. The van der Waals surface area contributed by atoms with Crippen LogP contribution in [0.3, 0.4) is 0 Å². The molecule has 0 aromatic heterocycles. The van der Waals surface area contributed by atoms with Crippen LogP contribution in [0, 0.1) is 23.7 Å². The van der Waals surface area contributed by atoms with E-state index < -0.39 is 0 Å². The molecule has 1 saturated carbocycles. The number of rotatable bonds is 4. The van der Waals surface area contributed by atoms with Gasteiger partial charge in [-0.05, 0) is 67.8 Å². The first-order chi connectivity index (χ1) is 7.59. The fourth-order valence-electron chi connectivity index (χ4n) is 3.60. The second kappa shape index (κ2) is 5.38.